The first kappa shape index (κ1) is 19.9. The SMILES string of the molecule is CCCCCCOOC1(OOCCCCCC)CCCCC1. The van der Waals surface area contributed by atoms with Crippen LogP contribution in [0.15, 0.2) is 0 Å². The lowest BCUT2D eigenvalue weighted by molar-refractivity contribution is -0.517. The lowest BCUT2D eigenvalue weighted by Crippen LogP contribution is -2.38. The molecule has 1 aliphatic carbocycles. The van der Waals surface area contributed by atoms with Gasteiger partial charge >= 0.3 is 0 Å². The summed E-state index contributed by atoms with van der Waals surface area (Å²) in [5.41, 5.74) is 0. The molecule has 0 aromatic rings. The van der Waals surface area contributed by atoms with Gasteiger partial charge in [-0.2, -0.15) is 9.78 Å². The van der Waals surface area contributed by atoms with Gasteiger partial charge in [0.05, 0.1) is 13.2 Å². The largest absolute Gasteiger partial charge is 0.234 e. The van der Waals surface area contributed by atoms with Gasteiger partial charge < -0.3 is 0 Å². The molecule has 1 saturated carbocycles. The van der Waals surface area contributed by atoms with Crippen LogP contribution in [0, 0.1) is 0 Å². The molecule has 0 heterocycles. The zero-order valence-corrected chi connectivity index (χ0v) is 14.7. The molecule has 0 saturated heterocycles. The summed E-state index contributed by atoms with van der Waals surface area (Å²) in [7, 11) is 0. The molecular weight excluding hydrogens is 280 g/mol. The summed E-state index contributed by atoms with van der Waals surface area (Å²) in [5, 5.41) is 0. The third-order valence-corrected chi connectivity index (χ3v) is 4.20. The molecule has 22 heavy (non-hydrogen) atoms. The number of hydrogen-bond acceptors (Lipinski definition) is 4. The Morgan fingerprint density at radius 1 is 0.636 bits per heavy atom. The van der Waals surface area contributed by atoms with Crippen LogP contribution < -0.4 is 0 Å². The topological polar surface area (TPSA) is 36.9 Å². The lowest BCUT2D eigenvalue weighted by Gasteiger charge is -2.33. The van der Waals surface area contributed by atoms with Crippen LogP contribution in [-0.2, 0) is 19.6 Å². The van der Waals surface area contributed by atoms with E-state index in [9.17, 15) is 0 Å². The summed E-state index contributed by atoms with van der Waals surface area (Å²) < 4.78 is 0. The molecule has 0 aliphatic heterocycles. The molecule has 1 fully saturated rings. The molecule has 0 aromatic heterocycles. The lowest BCUT2D eigenvalue weighted by atomic mass is 9.94. The fraction of sp³-hybridized carbons (Fsp3) is 1.00. The summed E-state index contributed by atoms with van der Waals surface area (Å²) in [6.07, 6.45) is 14.6. The van der Waals surface area contributed by atoms with Gasteiger partial charge in [0.15, 0.2) is 0 Å². The van der Waals surface area contributed by atoms with Crippen LogP contribution >= 0.6 is 0 Å². The van der Waals surface area contributed by atoms with Crippen molar-refractivity contribution in [1.82, 2.24) is 0 Å². The monoisotopic (exact) mass is 316 g/mol. The van der Waals surface area contributed by atoms with Crippen LogP contribution in [0.2, 0.25) is 0 Å². The van der Waals surface area contributed by atoms with Crippen molar-refractivity contribution < 1.29 is 19.6 Å². The summed E-state index contributed by atoms with van der Waals surface area (Å²) in [6, 6.07) is 0. The van der Waals surface area contributed by atoms with Crippen molar-refractivity contribution in [3.05, 3.63) is 0 Å². The molecule has 132 valence electrons. The van der Waals surface area contributed by atoms with Crippen LogP contribution in [0.4, 0.5) is 0 Å². The van der Waals surface area contributed by atoms with Gasteiger partial charge in [-0.05, 0) is 25.7 Å². The first-order chi connectivity index (χ1) is 10.8. The van der Waals surface area contributed by atoms with Crippen molar-refractivity contribution >= 4 is 0 Å². The maximum atomic E-state index is 5.63. The number of hydrogen-bond donors (Lipinski definition) is 0. The maximum Gasteiger partial charge on any atom is 0.233 e. The van der Waals surface area contributed by atoms with E-state index in [1.807, 2.05) is 0 Å². The van der Waals surface area contributed by atoms with Crippen molar-refractivity contribution in [2.45, 2.75) is 103 Å². The molecule has 0 amide bonds. The third kappa shape index (κ3) is 9.09. The van der Waals surface area contributed by atoms with Gasteiger partial charge in [0.1, 0.15) is 0 Å². The first-order valence-electron chi connectivity index (χ1n) is 9.44. The molecule has 0 radical (unpaired) electrons. The standard InChI is InChI=1S/C18H36O4/c1-3-5-7-12-16-19-21-18(14-10-9-11-15-18)22-20-17-13-8-6-4-2/h3-17H2,1-2H3. The number of unbranched alkanes of at least 4 members (excludes halogenated alkanes) is 6. The van der Waals surface area contributed by atoms with Crippen molar-refractivity contribution in [2.24, 2.45) is 0 Å². The van der Waals surface area contributed by atoms with Crippen LogP contribution in [0.1, 0.15) is 97.3 Å². The molecule has 4 heteroatoms. The molecular formula is C18H36O4. The van der Waals surface area contributed by atoms with E-state index in [1.165, 1.54) is 44.9 Å². The minimum absolute atomic E-state index is 0.640. The van der Waals surface area contributed by atoms with Crippen LogP contribution in [0.25, 0.3) is 0 Å². The van der Waals surface area contributed by atoms with E-state index in [1.54, 1.807) is 0 Å². The van der Waals surface area contributed by atoms with Gasteiger partial charge in [-0.15, -0.1) is 0 Å². The highest BCUT2D eigenvalue weighted by atomic mass is 17.3. The first-order valence-corrected chi connectivity index (χ1v) is 9.44. The van der Waals surface area contributed by atoms with E-state index in [4.69, 9.17) is 19.6 Å². The predicted molar refractivity (Wildman–Crippen MR) is 88.2 cm³/mol. The molecule has 0 spiro atoms. The molecule has 1 rings (SSSR count). The van der Waals surface area contributed by atoms with E-state index >= 15 is 0 Å². The van der Waals surface area contributed by atoms with E-state index in [0.717, 1.165) is 38.5 Å². The molecule has 1 aliphatic rings. The van der Waals surface area contributed by atoms with E-state index < -0.39 is 5.79 Å². The fourth-order valence-electron chi connectivity index (χ4n) is 2.74. The van der Waals surface area contributed by atoms with Crippen LogP contribution in [0.5, 0.6) is 0 Å². The van der Waals surface area contributed by atoms with E-state index in [0.29, 0.717) is 13.2 Å². The van der Waals surface area contributed by atoms with Crippen molar-refractivity contribution in [3.8, 4) is 0 Å². The van der Waals surface area contributed by atoms with Crippen molar-refractivity contribution in [2.75, 3.05) is 13.2 Å². The zero-order chi connectivity index (χ0) is 15.9. The number of rotatable bonds is 14. The van der Waals surface area contributed by atoms with Crippen LogP contribution in [0.3, 0.4) is 0 Å². The highest BCUT2D eigenvalue weighted by Gasteiger charge is 2.37. The maximum absolute atomic E-state index is 5.63. The second kappa shape index (κ2) is 13.3. The minimum Gasteiger partial charge on any atom is -0.234 e. The summed E-state index contributed by atoms with van der Waals surface area (Å²) >= 11 is 0. The Morgan fingerprint density at radius 2 is 1.14 bits per heavy atom. The quantitative estimate of drug-likeness (QED) is 0.178. The van der Waals surface area contributed by atoms with E-state index in [2.05, 4.69) is 13.8 Å². The Morgan fingerprint density at radius 3 is 1.59 bits per heavy atom. The second-order valence-corrected chi connectivity index (χ2v) is 6.40. The zero-order valence-electron chi connectivity index (χ0n) is 14.7. The van der Waals surface area contributed by atoms with Gasteiger partial charge in [-0.25, -0.2) is 9.78 Å². The van der Waals surface area contributed by atoms with Gasteiger partial charge in [0, 0.05) is 12.8 Å². The van der Waals surface area contributed by atoms with Gasteiger partial charge in [0.25, 0.3) is 0 Å². The molecule has 4 nitrogen and oxygen atoms in total. The highest BCUT2D eigenvalue weighted by molar-refractivity contribution is 4.72. The van der Waals surface area contributed by atoms with Crippen LogP contribution in [-0.4, -0.2) is 19.0 Å². The predicted octanol–water partition coefficient (Wildman–Crippen LogP) is 5.70. The van der Waals surface area contributed by atoms with E-state index in [-0.39, 0.29) is 0 Å². The van der Waals surface area contributed by atoms with Gasteiger partial charge in [-0.1, -0.05) is 58.8 Å². The summed E-state index contributed by atoms with van der Waals surface area (Å²) in [6.45, 7) is 5.70. The van der Waals surface area contributed by atoms with Crippen molar-refractivity contribution in [1.29, 1.82) is 0 Å². The Bertz CT molecular complexity index is 221. The summed E-state index contributed by atoms with van der Waals surface area (Å²) in [5.74, 6) is -0.673. The fourth-order valence-corrected chi connectivity index (χ4v) is 2.74. The molecule has 0 N–H and O–H groups in total. The molecule has 0 atom stereocenters. The second-order valence-electron chi connectivity index (χ2n) is 6.40. The van der Waals surface area contributed by atoms with Gasteiger partial charge in [-0.3, -0.25) is 0 Å². The average molecular weight is 316 g/mol. The minimum atomic E-state index is -0.673. The molecule has 0 aromatic carbocycles. The smallest absolute Gasteiger partial charge is 0.233 e. The Balaban J connectivity index is 2.17. The summed E-state index contributed by atoms with van der Waals surface area (Å²) in [4.78, 5) is 22.1. The Labute approximate surface area is 136 Å². The molecule has 0 unspecified atom stereocenters. The Kier molecular flexibility index (Phi) is 12.0. The highest BCUT2D eigenvalue weighted by Crippen LogP contribution is 2.33. The van der Waals surface area contributed by atoms with Crippen molar-refractivity contribution in [3.63, 3.8) is 0 Å². The Hall–Kier alpha value is -0.160. The normalized spacial score (nSPS) is 17.7. The average Bonchev–Trinajstić information content (AvgIpc) is 2.55. The third-order valence-electron chi connectivity index (χ3n) is 4.20. The van der Waals surface area contributed by atoms with Gasteiger partial charge in [0.2, 0.25) is 5.79 Å². The molecule has 0 bridgehead atoms.